The highest BCUT2D eigenvalue weighted by atomic mass is 79.9. The van der Waals surface area contributed by atoms with Crippen LogP contribution in [0, 0.1) is 0 Å². The van der Waals surface area contributed by atoms with Crippen molar-refractivity contribution < 1.29 is 0 Å². The van der Waals surface area contributed by atoms with Gasteiger partial charge in [-0.15, -0.1) is 6.58 Å². The number of rotatable bonds is 5. The Bertz CT molecular complexity index is 154. The molecule has 11 heavy (non-hydrogen) atoms. The van der Waals surface area contributed by atoms with Crippen molar-refractivity contribution in [3.05, 3.63) is 36.5 Å². The lowest BCUT2D eigenvalue weighted by Gasteiger charge is -1.95. The summed E-state index contributed by atoms with van der Waals surface area (Å²) < 4.78 is 0. The Morgan fingerprint density at radius 3 is 2.73 bits per heavy atom. The predicted octanol–water partition coefficient (Wildman–Crippen LogP) is 3.85. The maximum absolute atomic E-state index is 3.70. The molecule has 0 amide bonds. The van der Waals surface area contributed by atoms with Gasteiger partial charge in [0.2, 0.25) is 0 Å². The van der Waals surface area contributed by atoms with Gasteiger partial charge in [0.15, 0.2) is 0 Å². The molecule has 0 unspecified atom stereocenters. The number of halogens is 1. The molecule has 0 radical (unpaired) electrons. The van der Waals surface area contributed by atoms with Gasteiger partial charge in [-0.2, -0.15) is 0 Å². The lowest BCUT2D eigenvalue weighted by atomic mass is 10.1. The minimum absolute atomic E-state index is 0.925. The standard InChI is InChI=1S/C10H15Br/c1-3-7-10(4-2)8-5-6-9-11/h3,5-6,8H,1,4,7,9H2,2H3/b6-5-,10-8-. The molecule has 0 bridgehead atoms. The first-order chi connectivity index (χ1) is 5.35. The van der Waals surface area contributed by atoms with Crippen LogP contribution in [0.2, 0.25) is 0 Å². The van der Waals surface area contributed by atoms with E-state index in [1.54, 1.807) is 0 Å². The smallest absolute Gasteiger partial charge is 0.0215 e. The maximum Gasteiger partial charge on any atom is 0.0215 e. The SMILES string of the molecule is C=CC/C(=C\C=C/CBr)CC. The van der Waals surface area contributed by atoms with Crippen molar-refractivity contribution in [1.82, 2.24) is 0 Å². The largest absolute Gasteiger partial charge is 0.103 e. The van der Waals surface area contributed by atoms with Crippen LogP contribution in [0.1, 0.15) is 19.8 Å². The summed E-state index contributed by atoms with van der Waals surface area (Å²) in [4.78, 5) is 0. The molecule has 0 heterocycles. The molecule has 0 aromatic rings. The van der Waals surface area contributed by atoms with Crippen LogP contribution in [0.5, 0.6) is 0 Å². The van der Waals surface area contributed by atoms with E-state index in [0.717, 1.165) is 18.2 Å². The number of allylic oxidation sites excluding steroid dienone is 5. The Labute approximate surface area is 77.8 Å². The van der Waals surface area contributed by atoms with Crippen molar-refractivity contribution in [1.29, 1.82) is 0 Å². The lowest BCUT2D eigenvalue weighted by Crippen LogP contribution is -1.76. The number of hydrogen-bond donors (Lipinski definition) is 0. The minimum Gasteiger partial charge on any atom is -0.103 e. The van der Waals surface area contributed by atoms with Gasteiger partial charge in [-0.25, -0.2) is 0 Å². The van der Waals surface area contributed by atoms with Crippen LogP contribution in [0.15, 0.2) is 36.5 Å². The molecule has 0 aromatic heterocycles. The average molecular weight is 215 g/mol. The molecule has 0 saturated carbocycles. The van der Waals surface area contributed by atoms with Gasteiger partial charge < -0.3 is 0 Å². The third-order valence-corrected chi connectivity index (χ3v) is 1.79. The van der Waals surface area contributed by atoms with Crippen LogP contribution in [0.3, 0.4) is 0 Å². The van der Waals surface area contributed by atoms with Crippen LogP contribution < -0.4 is 0 Å². The van der Waals surface area contributed by atoms with E-state index in [1.165, 1.54) is 5.57 Å². The summed E-state index contributed by atoms with van der Waals surface area (Å²) >= 11 is 3.32. The maximum atomic E-state index is 3.70. The Morgan fingerprint density at radius 2 is 2.27 bits per heavy atom. The molecule has 0 spiro atoms. The molecule has 0 atom stereocenters. The van der Waals surface area contributed by atoms with Gasteiger partial charge in [-0.05, 0) is 12.8 Å². The van der Waals surface area contributed by atoms with E-state index < -0.39 is 0 Å². The monoisotopic (exact) mass is 214 g/mol. The summed E-state index contributed by atoms with van der Waals surface area (Å²) in [6, 6.07) is 0. The van der Waals surface area contributed by atoms with Crippen LogP contribution in [-0.4, -0.2) is 5.33 Å². The average Bonchev–Trinajstić information content (AvgIpc) is 2.03. The molecule has 62 valence electrons. The molecule has 0 N–H and O–H groups in total. The van der Waals surface area contributed by atoms with Gasteiger partial charge in [0.1, 0.15) is 0 Å². The highest BCUT2D eigenvalue weighted by molar-refractivity contribution is 9.09. The van der Waals surface area contributed by atoms with E-state index in [2.05, 4.69) is 47.7 Å². The molecule has 0 saturated heterocycles. The third kappa shape index (κ3) is 6.11. The first-order valence-corrected chi connectivity index (χ1v) is 4.98. The van der Waals surface area contributed by atoms with E-state index in [9.17, 15) is 0 Å². The summed E-state index contributed by atoms with van der Waals surface area (Å²) in [5.74, 6) is 0. The van der Waals surface area contributed by atoms with Gasteiger partial charge in [0, 0.05) is 5.33 Å². The fraction of sp³-hybridized carbons (Fsp3) is 0.400. The summed E-state index contributed by atoms with van der Waals surface area (Å²) in [5, 5.41) is 0.925. The van der Waals surface area contributed by atoms with Crippen molar-refractivity contribution in [3.8, 4) is 0 Å². The fourth-order valence-electron chi connectivity index (χ4n) is 0.771. The van der Waals surface area contributed by atoms with E-state index >= 15 is 0 Å². The van der Waals surface area contributed by atoms with Crippen molar-refractivity contribution in [2.75, 3.05) is 5.33 Å². The van der Waals surface area contributed by atoms with Crippen molar-refractivity contribution in [3.63, 3.8) is 0 Å². The normalized spacial score (nSPS) is 12.4. The number of hydrogen-bond acceptors (Lipinski definition) is 0. The minimum atomic E-state index is 0.925. The molecule has 1 heteroatoms. The lowest BCUT2D eigenvalue weighted by molar-refractivity contribution is 1.03. The van der Waals surface area contributed by atoms with Gasteiger partial charge in [-0.3, -0.25) is 0 Å². The Hall–Kier alpha value is -0.300. The summed E-state index contributed by atoms with van der Waals surface area (Å²) in [5.41, 5.74) is 1.43. The topological polar surface area (TPSA) is 0 Å². The van der Waals surface area contributed by atoms with E-state index in [0.29, 0.717) is 0 Å². The second-order valence-electron chi connectivity index (χ2n) is 2.25. The zero-order chi connectivity index (χ0) is 8.53. The second kappa shape index (κ2) is 7.80. The quantitative estimate of drug-likeness (QED) is 0.371. The van der Waals surface area contributed by atoms with Crippen molar-refractivity contribution in [2.45, 2.75) is 19.8 Å². The molecule has 0 aliphatic rings. The predicted molar refractivity (Wildman–Crippen MR) is 56.1 cm³/mol. The first-order valence-electron chi connectivity index (χ1n) is 3.86. The Kier molecular flexibility index (Phi) is 7.59. The highest BCUT2D eigenvalue weighted by Gasteiger charge is 1.86. The molecule has 0 rings (SSSR count). The van der Waals surface area contributed by atoms with E-state index in [4.69, 9.17) is 0 Å². The van der Waals surface area contributed by atoms with Crippen LogP contribution in [0.25, 0.3) is 0 Å². The molecule has 0 nitrogen and oxygen atoms in total. The summed E-state index contributed by atoms with van der Waals surface area (Å²) in [6.07, 6.45) is 10.4. The first kappa shape index (κ1) is 10.7. The second-order valence-corrected chi connectivity index (χ2v) is 2.90. The molecular weight excluding hydrogens is 200 g/mol. The molecule has 0 fully saturated rings. The van der Waals surface area contributed by atoms with Gasteiger partial charge >= 0.3 is 0 Å². The number of alkyl halides is 1. The Morgan fingerprint density at radius 1 is 1.55 bits per heavy atom. The Balaban J connectivity index is 3.89. The van der Waals surface area contributed by atoms with Crippen molar-refractivity contribution >= 4 is 15.9 Å². The van der Waals surface area contributed by atoms with Gasteiger partial charge in [0.25, 0.3) is 0 Å². The highest BCUT2D eigenvalue weighted by Crippen LogP contribution is 2.06. The van der Waals surface area contributed by atoms with Gasteiger partial charge in [-0.1, -0.05) is 52.7 Å². The summed E-state index contributed by atoms with van der Waals surface area (Å²) in [7, 11) is 0. The molecule has 0 aromatic carbocycles. The van der Waals surface area contributed by atoms with E-state index in [1.807, 2.05) is 6.08 Å². The van der Waals surface area contributed by atoms with Gasteiger partial charge in [0.05, 0.1) is 0 Å². The van der Waals surface area contributed by atoms with E-state index in [-0.39, 0.29) is 0 Å². The summed E-state index contributed by atoms with van der Waals surface area (Å²) in [6.45, 7) is 5.87. The van der Waals surface area contributed by atoms with Crippen LogP contribution in [0.4, 0.5) is 0 Å². The molecular formula is C10H15Br. The van der Waals surface area contributed by atoms with Crippen LogP contribution in [-0.2, 0) is 0 Å². The molecule has 0 aliphatic heterocycles. The fourth-order valence-corrected chi connectivity index (χ4v) is 0.987. The zero-order valence-corrected chi connectivity index (χ0v) is 8.60. The zero-order valence-electron chi connectivity index (χ0n) is 7.02. The third-order valence-electron chi connectivity index (χ3n) is 1.42. The van der Waals surface area contributed by atoms with Crippen molar-refractivity contribution in [2.24, 2.45) is 0 Å². The van der Waals surface area contributed by atoms with Crippen LogP contribution >= 0.6 is 15.9 Å². The molecule has 0 aliphatic carbocycles.